The first-order valence-electron chi connectivity index (χ1n) is 6.03. The Hall–Kier alpha value is 0.759. The van der Waals surface area contributed by atoms with E-state index < -0.39 is 19.8 Å². The van der Waals surface area contributed by atoms with Crippen LogP contribution in [0.25, 0.3) is 0 Å². The number of rotatable bonds is 9. The monoisotopic (exact) mass is 340 g/mol. The zero-order valence-corrected chi connectivity index (χ0v) is 14.1. The van der Waals surface area contributed by atoms with Crippen molar-refractivity contribution in [3.8, 4) is 0 Å². The first-order chi connectivity index (χ1) is 6.70. The summed E-state index contributed by atoms with van der Waals surface area (Å²) in [7, 11) is 0. The molecule has 0 saturated carbocycles. The molecule has 0 aliphatic rings. The van der Waals surface area contributed by atoms with E-state index in [2.05, 4.69) is 13.8 Å². The third-order valence-corrected chi connectivity index (χ3v) is 11.4. The fourth-order valence-corrected chi connectivity index (χ4v) is 10.6. The second-order valence-electron chi connectivity index (χ2n) is 4.16. The molecule has 0 amide bonds. The van der Waals surface area contributed by atoms with E-state index in [1.165, 1.54) is 39.0 Å². The summed E-state index contributed by atoms with van der Waals surface area (Å²) in [5.74, 6) is 0.399. The molecule has 0 fully saturated rings. The summed E-state index contributed by atoms with van der Waals surface area (Å²) in [5, 5.41) is 0. The summed E-state index contributed by atoms with van der Waals surface area (Å²) in [6.45, 7) is 6.28. The molecule has 1 nitrogen and oxygen atoms in total. The fourth-order valence-electron chi connectivity index (χ4n) is 1.58. The van der Waals surface area contributed by atoms with E-state index in [1.807, 2.05) is 0 Å². The average Bonchev–Trinajstić information content (AvgIpc) is 2.16. The minimum atomic E-state index is -1.11. The zero-order valence-electron chi connectivity index (χ0n) is 10.4. The van der Waals surface area contributed by atoms with E-state index >= 15 is 0 Å². The van der Waals surface area contributed by atoms with Crippen LogP contribution >= 0.6 is 0 Å². The summed E-state index contributed by atoms with van der Waals surface area (Å²) >= 11 is -1.11. The van der Waals surface area contributed by atoms with Crippen LogP contribution in [0, 0.1) is 0 Å². The van der Waals surface area contributed by atoms with Crippen LogP contribution in [0.15, 0.2) is 0 Å². The Morgan fingerprint density at radius 2 is 1.47 bits per heavy atom. The molecule has 0 aromatic carbocycles. The Bertz CT molecular complexity index is 143. The number of Topliss-reactive ketones (excluding diaryl/α,β-unsaturated/α-hetero) is 1. The minimum absolute atomic E-state index is 0. The fraction of sp³-hybridized carbons (Fsp3) is 0.917. The topological polar surface area (TPSA) is 17.1 Å². The second-order valence-corrected chi connectivity index (χ2v) is 12.7. The summed E-state index contributed by atoms with van der Waals surface area (Å²) in [6, 6.07) is 0. The van der Waals surface area contributed by atoms with E-state index in [9.17, 15) is 4.79 Å². The molecule has 0 bridgehead atoms. The Balaban J connectivity index is 0. The van der Waals surface area contributed by atoms with Gasteiger partial charge < -0.3 is 12.4 Å². The molecule has 0 atom stereocenters. The van der Waals surface area contributed by atoms with Crippen LogP contribution in [-0.2, 0) is 4.79 Å². The summed E-state index contributed by atoms with van der Waals surface area (Å²) < 4.78 is 4.36. The van der Waals surface area contributed by atoms with Crippen molar-refractivity contribution in [1.82, 2.24) is 0 Å². The van der Waals surface area contributed by atoms with Gasteiger partial charge in [-0.3, -0.25) is 0 Å². The Labute approximate surface area is 109 Å². The van der Waals surface area contributed by atoms with Gasteiger partial charge in [0.15, 0.2) is 0 Å². The van der Waals surface area contributed by atoms with Gasteiger partial charge in [-0.1, -0.05) is 0 Å². The van der Waals surface area contributed by atoms with Crippen molar-refractivity contribution >= 4 is 25.5 Å². The molecule has 0 heterocycles. The molecule has 90 valence electrons. The summed E-state index contributed by atoms with van der Waals surface area (Å²) in [5.41, 5.74) is 0. The Kier molecular flexibility index (Phi) is 15.5. The maximum absolute atomic E-state index is 10.9. The Morgan fingerprint density at radius 1 is 1.00 bits per heavy atom. The number of ketones is 1. The maximum atomic E-state index is 10.9. The number of unbranched alkanes of at least 4 members (excludes halogenated alkanes) is 2. The normalized spacial score (nSPS) is 9.53. The van der Waals surface area contributed by atoms with Gasteiger partial charge in [0.2, 0.25) is 0 Å². The molecule has 0 rings (SSSR count). The van der Waals surface area contributed by atoms with Gasteiger partial charge in [-0.2, -0.15) is 0 Å². The van der Waals surface area contributed by atoms with Crippen LogP contribution in [-0.4, -0.2) is 25.5 Å². The number of halogens is 1. The summed E-state index contributed by atoms with van der Waals surface area (Å²) in [6.07, 6.45) is 6.36. The van der Waals surface area contributed by atoms with Crippen molar-refractivity contribution in [2.24, 2.45) is 0 Å². The molecular formula is C12H25ClOSn. The molecule has 0 aliphatic heterocycles. The number of carbonyl (C=O) groups excluding carboxylic acids is 1. The molecule has 0 aliphatic carbocycles. The molecule has 0 N–H and O–H groups in total. The van der Waals surface area contributed by atoms with E-state index in [-0.39, 0.29) is 12.4 Å². The van der Waals surface area contributed by atoms with E-state index in [4.69, 9.17) is 0 Å². The zero-order chi connectivity index (χ0) is 10.8. The predicted octanol–water partition coefficient (Wildman–Crippen LogP) is 1.06. The van der Waals surface area contributed by atoms with Crippen molar-refractivity contribution in [2.45, 2.75) is 66.2 Å². The van der Waals surface area contributed by atoms with E-state index in [0.29, 0.717) is 5.78 Å². The maximum Gasteiger partial charge on any atom is -1.00 e. The van der Waals surface area contributed by atoms with Gasteiger partial charge in [0.1, 0.15) is 0 Å². The van der Waals surface area contributed by atoms with Crippen LogP contribution in [0.5, 0.6) is 0 Å². The van der Waals surface area contributed by atoms with Gasteiger partial charge in [0.25, 0.3) is 0 Å². The smallest absolute Gasteiger partial charge is 1.00 e. The third kappa shape index (κ3) is 12.7. The largest absolute Gasteiger partial charge is 1.00 e. The molecule has 0 saturated heterocycles. The van der Waals surface area contributed by atoms with Gasteiger partial charge in [0.05, 0.1) is 0 Å². The Morgan fingerprint density at radius 3 is 1.80 bits per heavy atom. The molecular weight excluding hydrogens is 314 g/mol. The molecule has 0 spiro atoms. The first-order valence-corrected chi connectivity index (χ1v) is 12.1. The summed E-state index contributed by atoms with van der Waals surface area (Å²) in [4.78, 5) is 10.9. The van der Waals surface area contributed by atoms with Crippen LogP contribution in [0.4, 0.5) is 0 Å². The van der Waals surface area contributed by atoms with Crippen molar-refractivity contribution in [3.05, 3.63) is 0 Å². The van der Waals surface area contributed by atoms with Gasteiger partial charge in [-0.05, 0) is 0 Å². The van der Waals surface area contributed by atoms with Crippen molar-refractivity contribution in [1.29, 1.82) is 0 Å². The number of carbonyl (C=O) groups is 1. The molecule has 0 radical (unpaired) electrons. The van der Waals surface area contributed by atoms with Crippen LogP contribution in [0.1, 0.15) is 52.9 Å². The molecule has 3 heteroatoms. The SMILES string of the molecule is CCC[CH2][Sn+]([CH2]CCC)[CH2]CC(C)=O.[Cl-]. The van der Waals surface area contributed by atoms with Gasteiger partial charge in [0, 0.05) is 0 Å². The predicted molar refractivity (Wildman–Crippen MR) is 65.3 cm³/mol. The first kappa shape index (κ1) is 18.1. The second kappa shape index (κ2) is 12.8. The molecule has 0 unspecified atom stereocenters. The molecule has 0 aromatic rings. The van der Waals surface area contributed by atoms with Crippen molar-refractivity contribution in [2.75, 3.05) is 0 Å². The average molecular weight is 339 g/mol. The van der Waals surface area contributed by atoms with Gasteiger partial charge in [-0.15, -0.1) is 0 Å². The number of hydrogen-bond donors (Lipinski definition) is 0. The van der Waals surface area contributed by atoms with Crippen LogP contribution in [0.2, 0.25) is 13.3 Å². The van der Waals surface area contributed by atoms with Crippen molar-refractivity contribution in [3.63, 3.8) is 0 Å². The standard InChI is InChI=1S/C4H7O.2C4H9.ClH.Sn/c1-3-4(2)5;2*1-3-4-2;;/h1,3H2,2H3;2*1,3-4H2,2H3;1H;/q;;;;+1/p-1. The van der Waals surface area contributed by atoms with Crippen LogP contribution < -0.4 is 12.4 Å². The third-order valence-electron chi connectivity index (χ3n) is 2.60. The van der Waals surface area contributed by atoms with Crippen molar-refractivity contribution < 1.29 is 17.2 Å². The van der Waals surface area contributed by atoms with Gasteiger partial charge in [-0.25, -0.2) is 0 Å². The van der Waals surface area contributed by atoms with E-state index in [0.717, 1.165) is 6.42 Å². The van der Waals surface area contributed by atoms with E-state index in [1.54, 1.807) is 6.92 Å². The number of hydrogen-bond acceptors (Lipinski definition) is 1. The van der Waals surface area contributed by atoms with Crippen LogP contribution in [0.3, 0.4) is 0 Å². The van der Waals surface area contributed by atoms with Gasteiger partial charge >= 0.3 is 96.5 Å². The molecule has 0 aromatic heterocycles. The quantitative estimate of drug-likeness (QED) is 0.574. The minimum Gasteiger partial charge on any atom is -1.00 e. The molecule has 15 heavy (non-hydrogen) atoms.